The van der Waals surface area contributed by atoms with Crippen LogP contribution in [0.15, 0.2) is 59.5 Å². The number of benzene rings is 2. The van der Waals surface area contributed by atoms with Gasteiger partial charge in [-0.15, -0.1) is 0 Å². The van der Waals surface area contributed by atoms with Crippen molar-refractivity contribution in [2.24, 2.45) is 0 Å². The predicted molar refractivity (Wildman–Crippen MR) is 69.6 cm³/mol. The van der Waals surface area contributed by atoms with Crippen molar-refractivity contribution in [2.45, 2.75) is 18.4 Å². The Balaban J connectivity index is 2.20. The van der Waals surface area contributed by atoms with E-state index in [0.29, 0.717) is 5.56 Å². The Morgan fingerprint density at radius 3 is 2.28 bits per heavy atom. The Labute approximate surface area is 109 Å². The van der Waals surface area contributed by atoms with Gasteiger partial charge in [-0.2, -0.15) is 8.42 Å². The van der Waals surface area contributed by atoms with Crippen molar-refractivity contribution in [2.75, 3.05) is 0 Å². The summed E-state index contributed by atoms with van der Waals surface area (Å²) in [6.45, 7) is 0.613. The maximum Gasteiger partial charge on any atom is 0.297 e. The zero-order valence-electron chi connectivity index (χ0n) is 10.9. The molecule has 3 nitrogen and oxygen atoms in total. The van der Waals surface area contributed by atoms with Gasteiger partial charge in [0.25, 0.3) is 10.1 Å². The molecule has 4 heteroatoms. The van der Waals surface area contributed by atoms with E-state index < -0.39 is 16.7 Å². The molecular weight excluding hydrogens is 248 g/mol. The molecule has 0 fully saturated rings. The van der Waals surface area contributed by atoms with Crippen LogP contribution in [0.2, 0.25) is 0 Å². The Bertz CT molecular complexity index is 636. The van der Waals surface area contributed by atoms with Gasteiger partial charge < -0.3 is 0 Å². The second-order valence-electron chi connectivity index (χ2n) is 3.89. The molecule has 0 aliphatic rings. The van der Waals surface area contributed by atoms with E-state index in [0.717, 1.165) is 5.56 Å². The second-order valence-corrected chi connectivity index (χ2v) is 5.46. The van der Waals surface area contributed by atoms with E-state index in [-0.39, 0.29) is 4.90 Å². The highest BCUT2D eigenvalue weighted by Crippen LogP contribution is 2.15. The molecule has 0 saturated heterocycles. The van der Waals surface area contributed by atoms with Crippen molar-refractivity contribution in [1.29, 1.82) is 0 Å². The monoisotopic (exact) mass is 263 g/mol. The molecule has 0 aliphatic carbocycles. The molecule has 0 N–H and O–H groups in total. The molecule has 0 amide bonds. The molecular formula is C14H14O3S. The van der Waals surface area contributed by atoms with E-state index in [1.165, 1.54) is 12.1 Å². The molecule has 1 atom stereocenters. The summed E-state index contributed by atoms with van der Waals surface area (Å²) in [4.78, 5) is 0.0614. The molecule has 0 heterocycles. The molecule has 94 valence electrons. The third kappa shape index (κ3) is 3.18. The predicted octanol–water partition coefficient (Wildman–Crippen LogP) is 2.90. The van der Waals surface area contributed by atoms with Crippen LogP contribution in [0.1, 0.15) is 12.5 Å². The minimum absolute atomic E-state index is 0.0614. The average molecular weight is 263 g/mol. The van der Waals surface area contributed by atoms with E-state index >= 15 is 0 Å². The van der Waals surface area contributed by atoms with Gasteiger partial charge in [0.2, 0.25) is 0 Å². The lowest BCUT2D eigenvalue weighted by molar-refractivity contribution is 0.308. The van der Waals surface area contributed by atoms with Crippen LogP contribution in [0.5, 0.6) is 0 Å². The van der Waals surface area contributed by atoms with E-state index in [2.05, 4.69) is 0 Å². The first-order chi connectivity index (χ1) is 8.99. The van der Waals surface area contributed by atoms with Gasteiger partial charge in [-0.05, 0) is 24.6 Å². The van der Waals surface area contributed by atoms with Crippen LogP contribution in [-0.4, -0.2) is 8.42 Å². The van der Waals surface area contributed by atoms with Crippen LogP contribution < -0.4 is 0 Å². The number of rotatable bonds is 4. The Hall–Kier alpha value is -1.65. The van der Waals surface area contributed by atoms with Crippen molar-refractivity contribution in [3.05, 3.63) is 65.7 Å². The van der Waals surface area contributed by atoms with Crippen molar-refractivity contribution < 1.29 is 14.0 Å². The summed E-state index contributed by atoms with van der Waals surface area (Å²) in [6.07, 6.45) is 0. The molecule has 0 bridgehead atoms. The van der Waals surface area contributed by atoms with Crippen LogP contribution in [0, 0.1) is 6.92 Å². The zero-order chi connectivity index (χ0) is 13.9. The molecule has 18 heavy (non-hydrogen) atoms. The van der Waals surface area contributed by atoms with Gasteiger partial charge in [0, 0.05) is 0 Å². The third-order valence-corrected chi connectivity index (χ3v) is 3.62. The van der Waals surface area contributed by atoms with Crippen LogP contribution in [0.4, 0.5) is 0 Å². The summed E-state index contributed by atoms with van der Waals surface area (Å²) in [7, 11) is -3.91. The van der Waals surface area contributed by atoms with Crippen molar-refractivity contribution in [1.82, 2.24) is 0 Å². The highest BCUT2D eigenvalue weighted by molar-refractivity contribution is 7.86. The molecule has 2 aromatic rings. The second kappa shape index (κ2) is 5.33. The lowest BCUT2D eigenvalue weighted by atomic mass is 10.2. The Morgan fingerprint density at radius 1 is 1.06 bits per heavy atom. The molecule has 0 saturated carbocycles. The number of aryl methyl sites for hydroxylation is 1. The van der Waals surface area contributed by atoms with Crippen LogP contribution in [0.25, 0.3) is 0 Å². The standard InChI is InChI=1S/C14H14O3S/c1-12-7-9-14(10-8-12)18(15,16)17-11-13-5-3-2-4-6-13/h2-10H,11H2,1H3/i11D/t11-/m1/s1. The van der Waals surface area contributed by atoms with Gasteiger partial charge in [0.05, 0.1) is 12.8 Å². The number of hydrogen-bond donors (Lipinski definition) is 0. The Morgan fingerprint density at radius 2 is 1.67 bits per heavy atom. The zero-order valence-corrected chi connectivity index (χ0v) is 10.7. The minimum atomic E-state index is -3.91. The SMILES string of the molecule is [2H][C@@H](OS(=O)(=O)c1ccc(C)cc1)c1ccccc1. The highest BCUT2D eigenvalue weighted by Gasteiger charge is 2.14. The molecule has 0 aromatic heterocycles. The van der Waals surface area contributed by atoms with Gasteiger partial charge >= 0.3 is 0 Å². The van der Waals surface area contributed by atoms with Crippen molar-refractivity contribution in [3.8, 4) is 0 Å². The highest BCUT2D eigenvalue weighted by atomic mass is 32.2. The summed E-state index contributed by atoms with van der Waals surface area (Å²) in [5.41, 5.74) is 1.46. The third-order valence-electron chi connectivity index (χ3n) is 2.42. The lowest BCUT2D eigenvalue weighted by Crippen LogP contribution is -2.06. The minimum Gasteiger partial charge on any atom is -0.262 e. The quantitative estimate of drug-likeness (QED) is 0.797. The lowest BCUT2D eigenvalue weighted by Gasteiger charge is -2.06. The van der Waals surface area contributed by atoms with Crippen LogP contribution in [0.3, 0.4) is 0 Å². The summed E-state index contributed by atoms with van der Waals surface area (Å²) >= 11 is 0. The van der Waals surface area contributed by atoms with Gasteiger partial charge in [-0.3, -0.25) is 4.18 Å². The first-order valence-corrected chi connectivity index (χ1v) is 6.87. The van der Waals surface area contributed by atoms with Gasteiger partial charge in [-0.1, -0.05) is 48.0 Å². The van der Waals surface area contributed by atoms with Crippen molar-refractivity contribution in [3.63, 3.8) is 0 Å². The fraction of sp³-hybridized carbons (Fsp3) is 0.143. The van der Waals surface area contributed by atoms with Gasteiger partial charge in [0.1, 0.15) is 0 Å². The maximum atomic E-state index is 12.0. The van der Waals surface area contributed by atoms with E-state index in [1.54, 1.807) is 42.5 Å². The molecule has 0 aliphatic heterocycles. The normalized spacial score (nSPS) is 13.9. The molecule has 2 rings (SSSR count). The summed E-state index contributed by atoms with van der Waals surface area (Å²) in [6, 6.07) is 14.9. The topological polar surface area (TPSA) is 43.4 Å². The van der Waals surface area contributed by atoms with Gasteiger partial charge in [-0.25, -0.2) is 0 Å². The van der Waals surface area contributed by atoms with Crippen LogP contribution >= 0.6 is 0 Å². The first kappa shape index (κ1) is 11.4. The largest absolute Gasteiger partial charge is 0.297 e. The smallest absolute Gasteiger partial charge is 0.262 e. The average Bonchev–Trinajstić information content (AvgIpc) is 2.40. The van der Waals surface area contributed by atoms with E-state index in [1.807, 2.05) is 6.92 Å². The summed E-state index contributed by atoms with van der Waals surface area (Å²) in [5, 5.41) is 0. The molecule has 0 radical (unpaired) electrons. The number of hydrogen-bond acceptors (Lipinski definition) is 3. The Kier molecular flexibility index (Phi) is 3.39. The fourth-order valence-electron chi connectivity index (χ4n) is 1.41. The first-order valence-electron chi connectivity index (χ1n) is 6.04. The summed E-state index contributed by atoms with van der Waals surface area (Å²) < 4.78 is 36.6. The van der Waals surface area contributed by atoms with Crippen LogP contribution in [-0.2, 0) is 20.9 Å². The molecule has 2 aromatic carbocycles. The van der Waals surface area contributed by atoms with Crippen molar-refractivity contribution >= 4 is 10.1 Å². The van der Waals surface area contributed by atoms with Gasteiger partial charge in [0.15, 0.2) is 0 Å². The molecule has 0 spiro atoms. The van der Waals surface area contributed by atoms with E-state index in [9.17, 15) is 8.42 Å². The summed E-state index contributed by atoms with van der Waals surface area (Å²) in [5.74, 6) is 0. The molecule has 0 unspecified atom stereocenters. The van der Waals surface area contributed by atoms with E-state index in [4.69, 9.17) is 5.55 Å². The maximum absolute atomic E-state index is 12.0. The fourth-order valence-corrected chi connectivity index (χ4v) is 2.23.